The largest absolute Gasteiger partial charge is 0.305 e. The van der Waals surface area contributed by atoms with E-state index in [-0.39, 0.29) is 11.8 Å². The van der Waals surface area contributed by atoms with Crippen LogP contribution in [-0.2, 0) is 13.0 Å². The molecule has 2 aliphatic rings. The van der Waals surface area contributed by atoms with Crippen LogP contribution in [0.4, 0.5) is 0 Å². The normalized spacial score (nSPS) is 19.8. The minimum absolute atomic E-state index is 0.164. The van der Waals surface area contributed by atoms with Crippen molar-refractivity contribution in [2.45, 2.75) is 24.8 Å². The molecular formula is C26H26N4. The average Bonchev–Trinajstić information content (AvgIpc) is 2.77. The number of hydrazone groups is 1. The molecule has 4 heteroatoms. The van der Waals surface area contributed by atoms with Gasteiger partial charge in [-0.25, -0.2) is 0 Å². The molecule has 4 nitrogen and oxygen atoms in total. The fraction of sp³-hybridized carbons (Fsp3) is 0.231. The summed E-state index contributed by atoms with van der Waals surface area (Å²) in [5.74, 6) is 0.449. The van der Waals surface area contributed by atoms with Crippen LogP contribution in [0.3, 0.4) is 0 Å². The highest BCUT2D eigenvalue weighted by Crippen LogP contribution is 2.45. The van der Waals surface area contributed by atoms with Crippen molar-refractivity contribution in [1.82, 2.24) is 15.3 Å². The molecule has 2 unspecified atom stereocenters. The molecule has 1 aliphatic carbocycles. The van der Waals surface area contributed by atoms with Crippen LogP contribution in [-0.4, -0.2) is 29.7 Å². The smallest absolute Gasteiger partial charge is 0.0769 e. The van der Waals surface area contributed by atoms with Gasteiger partial charge < -0.3 is 4.90 Å². The number of rotatable bonds is 4. The van der Waals surface area contributed by atoms with Gasteiger partial charge in [0.1, 0.15) is 0 Å². The number of aromatic nitrogens is 1. The molecule has 0 saturated carbocycles. The second-order valence-electron chi connectivity index (χ2n) is 8.48. The Labute approximate surface area is 178 Å². The molecule has 150 valence electrons. The number of pyridine rings is 1. The van der Waals surface area contributed by atoms with Gasteiger partial charge in [0.15, 0.2) is 0 Å². The van der Waals surface area contributed by atoms with Crippen LogP contribution in [0.2, 0.25) is 0 Å². The van der Waals surface area contributed by atoms with Gasteiger partial charge in [-0.3, -0.25) is 10.4 Å². The van der Waals surface area contributed by atoms with Gasteiger partial charge in [-0.2, -0.15) is 5.10 Å². The SMILES string of the molecule is C=C1NN=C2c3c(cccc31)CC(c1cccnc1)C2c1ccc(CN(C)C)cc1. The molecular weight excluding hydrogens is 368 g/mol. The number of nitrogens with one attached hydrogen (secondary N) is 1. The third-order valence-corrected chi connectivity index (χ3v) is 6.13. The predicted octanol–water partition coefficient (Wildman–Crippen LogP) is 4.54. The minimum atomic E-state index is 0.164. The Morgan fingerprint density at radius 1 is 1.03 bits per heavy atom. The van der Waals surface area contributed by atoms with E-state index in [0.29, 0.717) is 0 Å². The van der Waals surface area contributed by atoms with Crippen LogP contribution in [0.1, 0.15) is 45.2 Å². The lowest BCUT2D eigenvalue weighted by Crippen LogP contribution is -2.34. The summed E-state index contributed by atoms with van der Waals surface area (Å²) in [6.45, 7) is 5.11. The highest BCUT2D eigenvalue weighted by molar-refractivity contribution is 6.12. The van der Waals surface area contributed by atoms with Crippen LogP contribution in [0.15, 0.2) is 78.7 Å². The molecule has 0 bridgehead atoms. The Kier molecular flexibility index (Phi) is 4.72. The molecule has 5 rings (SSSR count). The monoisotopic (exact) mass is 394 g/mol. The second kappa shape index (κ2) is 7.54. The lowest BCUT2D eigenvalue weighted by atomic mass is 9.67. The summed E-state index contributed by atoms with van der Waals surface area (Å²) in [5.41, 5.74) is 12.8. The van der Waals surface area contributed by atoms with Crippen LogP contribution in [0.25, 0.3) is 5.70 Å². The summed E-state index contributed by atoms with van der Waals surface area (Å²) < 4.78 is 0. The lowest BCUT2D eigenvalue weighted by molar-refractivity contribution is 0.402. The van der Waals surface area contributed by atoms with Crippen molar-refractivity contribution in [1.29, 1.82) is 0 Å². The van der Waals surface area contributed by atoms with E-state index in [1.54, 1.807) is 0 Å². The van der Waals surface area contributed by atoms with Crippen molar-refractivity contribution >= 4 is 11.4 Å². The van der Waals surface area contributed by atoms with Gasteiger partial charge >= 0.3 is 0 Å². The molecule has 0 amide bonds. The Balaban J connectivity index is 1.65. The van der Waals surface area contributed by atoms with Gasteiger partial charge in [-0.15, -0.1) is 0 Å². The number of hydrogen-bond acceptors (Lipinski definition) is 4. The predicted molar refractivity (Wildman–Crippen MR) is 122 cm³/mol. The zero-order valence-electron chi connectivity index (χ0n) is 17.5. The number of benzene rings is 2. The molecule has 0 fully saturated rings. The van der Waals surface area contributed by atoms with Crippen molar-refractivity contribution in [3.8, 4) is 0 Å². The third-order valence-electron chi connectivity index (χ3n) is 6.13. The van der Waals surface area contributed by atoms with Crippen LogP contribution in [0.5, 0.6) is 0 Å². The Hall–Kier alpha value is -3.24. The maximum absolute atomic E-state index is 4.83. The fourth-order valence-corrected chi connectivity index (χ4v) is 4.83. The van der Waals surface area contributed by atoms with E-state index in [1.807, 2.05) is 18.5 Å². The Morgan fingerprint density at radius 3 is 2.60 bits per heavy atom. The first kappa shape index (κ1) is 18.8. The number of hydrogen-bond donors (Lipinski definition) is 1. The highest BCUT2D eigenvalue weighted by atomic mass is 15.3. The van der Waals surface area contributed by atoms with Gasteiger partial charge in [0, 0.05) is 41.9 Å². The Bertz CT molecular complexity index is 1110. The topological polar surface area (TPSA) is 40.5 Å². The molecule has 0 spiro atoms. The highest BCUT2D eigenvalue weighted by Gasteiger charge is 2.39. The molecule has 1 aromatic heterocycles. The summed E-state index contributed by atoms with van der Waals surface area (Å²) in [7, 11) is 4.20. The van der Waals surface area contributed by atoms with E-state index in [2.05, 4.69) is 84.5 Å². The lowest BCUT2D eigenvalue weighted by Gasteiger charge is -2.38. The van der Waals surface area contributed by atoms with Gasteiger partial charge in [-0.1, -0.05) is 55.1 Å². The third kappa shape index (κ3) is 3.23. The maximum Gasteiger partial charge on any atom is 0.0769 e. The molecule has 0 saturated heterocycles. The summed E-state index contributed by atoms with van der Waals surface area (Å²) in [5, 5.41) is 4.83. The van der Waals surface area contributed by atoms with E-state index >= 15 is 0 Å². The van der Waals surface area contributed by atoms with Crippen molar-refractivity contribution < 1.29 is 0 Å². The van der Waals surface area contributed by atoms with E-state index < -0.39 is 0 Å². The molecule has 0 radical (unpaired) electrons. The van der Waals surface area contributed by atoms with Gasteiger partial charge in [0.25, 0.3) is 0 Å². The number of nitrogens with zero attached hydrogens (tertiary/aromatic N) is 3. The summed E-state index contributed by atoms with van der Waals surface area (Å²) in [4.78, 5) is 6.60. The van der Waals surface area contributed by atoms with Crippen LogP contribution in [0, 0.1) is 0 Å². The summed E-state index contributed by atoms with van der Waals surface area (Å²) in [6.07, 6.45) is 4.81. The van der Waals surface area contributed by atoms with Crippen LogP contribution >= 0.6 is 0 Å². The molecule has 30 heavy (non-hydrogen) atoms. The molecule has 2 atom stereocenters. The molecule has 1 N–H and O–H groups in total. The molecule has 2 aromatic carbocycles. The molecule has 1 aliphatic heterocycles. The summed E-state index contributed by atoms with van der Waals surface area (Å²) in [6, 6.07) is 19.7. The van der Waals surface area contributed by atoms with Gasteiger partial charge in [-0.05, 0) is 48.8 Å². The van der Waals surface area contributed by atoms with E-state index in [9.17, 15) is 0 Å². The zero-order valence-corrected chi connectivity index (χ0v) is 17.5. The zero-order chi connectivity index (χ0) is 20.7. The van der Waals surface area contributed by atoms with Gasteiger partial charge in [0.05, 0.1) is 11.4 Å². The van der Waals surface area contributed by atoms with Crippen molar-refractivity contribution in [3.05, 3.63) is 107 Å². The average molecular weight is 395 g/mol. The fourth-order valence-electron chi connectivity index (χ4n) is 4.83. The van der Waals surface area contributed by atoms with E-state index in [4.69, 9.17) is 5.10 Å². The molecule has 2 heterocycles. The standard InChI is InChI=1S/C26H26N4/c1-17-22-8-4-6-20-14-23(21-7-5-13-27-15-21)24(26(25(20)22)29-28-17)19-11-9-18(10-12-19)16-30(2)3/h4-13,15,23-24,28H,1,14,16H2,2-3H3. The van der Waals surface area contributed by atoms with Crippen molar-refractivity contribution in [2.24, 2.45) is 5.10 Å². The van der Waals surface area contributed by atoms with E-state index in [0.717, 1.165) is 29.9 Å². The first-order chi connectivity index (χ1) is 14.6. The quantitative estimate of drug-likeness (QED) is 0.706. The van der Waals surface area contributed by atoms with Gasteiger partial charge in [0.2, 0.25) is 0 Å². The first-order valence-corrected chi connectivity index (χ1v) is 10.4. The van der Waals surface area contributed by atoms with Crippen LogP contribution < -0.4 is 5.43 Å². The van der Waals surface area contributed by atoms with Crippen molar-refractivity contribution in [2.75, 3.05) is 14.1 Å². The second-order valence-corrected chi connectivity index (χ2v) is 8.48. The molecule has 3 aromatic rings. The van der Waals surface area contributed by atoms with Crippen molar-refractivity contribution in [3.63, 3.8) is 0 Å². The maximum atomic E-state index is 4.83. The Morgan fingerprint density at radius 2 is 1.87 bits per heavy atom. The summed E-state index contributed by atoms with van der Waals surface area (Å²) >= 11 is 0. The first-order valence-electron chi connectivity index (χ1n) is 10.4. The van der Waals surface area contributed by atoms with E-state index in [1.165, 1.54) is 27.8 Å². The minimum Gasteiger partial charge on any atom is -0.305 e.